The van der Waals surface area contributed by atoms with Gasteiger partial charge in [-0.3, -0.25) is 9.59 Å². The summed E-state index contributed by atoms with van der Waals surface area (Å²) >= 11 is 0. The number of hydrogen-bond acceptors (Lipinski definition) is 3. The van der Waals surface area contributed by atoms with Gasteiger partial charge in [-0.05, 0) is 17.5 Å². The number of pyridine rings is 1. The molecule has 0 saturated carbocycles. The molecule has 0 aliphatic carbocycles. The molecule has 0 spiro atoms. The molecular formula is C12H18N2O2. The maximum absolute atomic E-state index is 10.3. The second kappa shape index (κ2) is 6.71. The normalized spacial score (nSPS) is 9.75. The smallest absolute Gasteiger partial charge is 0.212 e. The van der Waals surface area contributed by atoms with E-state index in [2.05, 4.69) is 38.0 Å². The number of hydrogen-bond donors (Lipinski definition) is 1. The van der Waals surface area contributed by atoms with Gasteiger partial charge < -0.3 is 5.32 Å². The molecule has 1 rings (SSSR count). The van der Waals surface area contributed by atoms with Gasteiger partial charge in [-0.15, -0.1) is 0 Å². The summed E-state index contributed by atoms with van der Waals surface area (Å²) in [6, 6.07) is 3.20. The number of nitrogens with one attached hydrogen (secondary N) is 1. The van der Waals surface area contributed by atoms with Gasteiger partial charge in [0, 0.05) is 6.20 Å². The molecule has 16 heavy (non-hydrogen) atoms. The maximum Gasteiger partial charge on any atom is 0.212 e. The number of aromatic nitrogens is 1. The van der Waals surface area contributed by atoms with E-state index in [1.807, 2.05) is 0 Å². The van der Waals surface area contributed by atoms with E-state index in [9.17, 15) is 9.59 Å². The lowest BCUT2D eigenvalue weighted by Gasteiger charge is -2.05. The Bertz CT molecular complexity index is 337. The van der Waals surface area contributed by atoms with Gasteiger partial charge in [-0.2, -0.15) is 0 Å². The minimum absolute atomic E-state index is 0.289. The van der Waals surface area contributed by atoms with Crippen LogP contribution in [0.3, 0.4) is 0 Å². The van der Waals surface area contributed by atoms with Crippen molar-refractivity contribution in [3.05, 3.63) is 23.9 Å². The Morgan fingerprint density at radius 1 is 1.25 bits per heavy atom. The average Bonchev–Trinajstić information content (AvgIpc) is 2.16. The highest BCUT2D eigenvalue weighted by Gasteiger charge is 1.98. The highest BCUT2D eigenvalue weighted by Crippen LogP contribution is 2.08. The lowest BCUT2D eigenvalue weighted by molar-refractivity contribution is -0.105. The Kier molecular flexibility index (Phi) is 6.00. The van der Waals surface area contributed by atoms with Crippen LogP contribution in [-0.4, -0.2) is 17.7 Å². The molecule has 88 valence electrons. The van der Waals surface area contributed by atoms with Gasteiger partial charge in [0.15, 0.2) is 6.29 Å². The number of amides is 1. The molecule has 4 heteroatoms. The van der Waals surface area contributed by atoms with E-state index in [-0.39, 0.29) is 5.82 Å². The van der Waals surface area contributed by atoms with Crippen molar-refractivity contribution in [1.29, 1.82) is 0 Å². The summed E-state index contributed by atoms with van der Waals surface area (Å²) in [6.45, 7) is 8.75. The molecule has 1 heterocycles. The monoisotopic (exact) mass is 222 g/mol. The molecule has 4 nitrogen and oxygen atoms in total. The van der Waals surface area contributed by atoms with Gasteiger partial charge in [0.25, 0.3) is 0 Å². The summed E-state index contributed by atoms with van der Waals surface area (Å²) in [7, 11) is 0. The first-order valence-corrected chi connectivity index (χ1v) is 4.99. The fraction of sp³-hybridized carbons (Fsp3) is 0.417. The summed E-state index contributed by atoms with van der Waals surface area (Å²) in [5.41, 5.74) is 0.875. The zero-order valence-corrected chi connectivity index (χ0v) is 10.2. The number of anilines is 1. The number of carbonyl (C=O) groups is 2. The van der Waals surface area contributed by atoms with E-state index in [4.69, 9.17) is 0 Å². The van der Waals surface area contributed by atoms with E-state index >= 15 is 0 Å². The Morgan fingerprint density at radius 3 is 2.25 bits per heavy atom. The lowest BCUT2D eigenvalue weighted by Crippen LogP contribution is -2.00. The average molecular weight is 222 g/mol. The molecule has 1 aromatic rings. The third-order valence-electron chi connectivity index (χ3n) is 1.16. The van der Waals surface area contributed by atoms with Crippen LogP contribution in [0.5, 0.6) is 0 Å². The number of carbonyl (C=O) groups excluding carboxylic acids is 2. The SMILES string of the molecule is CC(C)(C)C.O=CNc1ncccc1C=O. The highest BCUT2D eigenvalue weighted by molar-refractivity contribution is 5.86. The number of aldehydes is 1. The van der Waals surface area contributed by atoms with E-state index in [0.29, 0.717) is 23.7 Å². The quantitative estimate of drug-likeness (QED) is 0.799. The van der Waals surface area contributed by atoms with Crippen LogP contribution in [0.2, 0.25) is 0 Å². The first kappa shape index (κ1) is 14.3. The Hall–Kier alpha value is -1.71. The minimum atomic E-state index is 0.289. The van der Waals surface area contributed by atoms with Crippen LogP contribution < -0.4 is 5.32 Å². The van der Waals surface area contributed by atoms with Crippen LogP contribution in [0.15, 0.2) is 18.3 Å². The lowest BCUT2D eigenvalue weighted by atomic mass is 10.0. The number of rotatable bonds is 3. The molecular weight excluding hydrogens is 204 g/mol. The van der Waals surface area contributed by atoms with Crippen LogP contribution in [0.1, 0.15) is 38.1 Å². The van der Waals surface area contributed by atoms with E-state index in [0.717, 1.165) is 0 Å². The standard InChI is InChI=1S/C7H6N2O2.C5H12/c10-4-6-2-1-3-8-7(6)9-5-11;1-5(2,3)4/h1-5H,(H,8,9,11);1-4H3. The highest BCUT2D eigenvalue weighted by atomic mass is 16.1. The van der Waals surface area contributed by atoms with Crippen molar-refractivity contribution in [1.82, 2.24) is 4.98 Å². The van der Waals surface area contributed by atoms with Crippen LogP contribution in [0, 0.1) is 5.41 Å². The summed E-state index contributed by atoms with van der Waals surface area (Å²) in [5, 5.41) is 2.30. The predicted octanol–water partition coefficient (Wildman–Crippen LogP) is 2.51. The third-order valence-corrected chi connectivity index (χ3v) is 1.16. The van der Waals surface area contributed by atoms with Crippen LogP contribution >= 0.6 is 0 Å². The van der Waals surface area contributed by atoms with Crippen molar-refractivity contribution < 1.29 is 9.59 Å². The largest absolute Gasteiger partial charge is 0.313 e. The molecule has 0 bridgehead atoms. The van der Waals surface area contributed by atoms with Gasteiger partial charge >= 0.3 is 0 Å². The van der Waals surface area contributed by atoms with E-state index in [1.54, 1.807) is 12.1 Å². The first-order chi connectivity index (χ1) is 7.38. The van der Waals surface area contributed by atoms with Crippen molar-refractivity contribution in [3.8, 4) is 0 Å². The molecule has 0 fully saturated rings. The fourth-order valence-electron chi connectivity index (χ4n) is 0.689. The third kappa shape index (κ3) is 7.67. The van der Waals surface area contributed by atoms with Crippen molar-refractivity contribution in [2.75, 3.05) is 5.32 Å². The summed E-state index contributed by atoms with van der Waals surface area (Å²) in [6.07, 6.45) is 2.62. The second-order valence-corrected chi connectivity index (χ2v) is 4.82. The topological polar surface area (TPSA) is 59.1 Å². The first-order valence-electron chi connectivity index (χ1n) is 4.99. The molecule has 1 N–H and O–H groups in total. The van der Waals surface area contributed by atoms with Crippen molar-refractivity contribution >= 4 is 18.5 Å². The van der Waals surface area contributed by atoms with Crippen molar-refractivity contribution in [2.45, 2.75) is 27.7 Å². The molecule has 0 aromatic carbocycles. The molecule has 0 saturated heterocycles. The van der Waals surface area contributed by atoms with Crippen LogP contribution in [-0.2, 0) is 4.79 Å². The van der Waals surface area contributed by atoms with Crippen LogP contribution in [0.25, 0.3) is 0 Å². The molecule has 0 radical (unpaired) electrons. The zero-order chi connectivity index (χ0) is 12.6. The Morgan fingerprint density at radius 2 is 1.81 bits per heavy atom. The van der Waals surface area contributed by atoms with Gasteiger partial charge in [0.1, 0.15) is 5.82 Å². The predicted molar refractivity (Wildman–Crippen MR) is 64.4 cm³/mol. The molecule has 0 unspecified atom stereocenters. The van der Waals surface area contributed by atoms with E-state index < -0.39 is 0 Å². The summed E-state index contributed by atoms with van der Waals surface area (Å²) in [5.74, 6) is 0.289. The zero-order valence-electron chi connectivity index (χ0n) is 10.2. The van der Waals surface area contributed by atoms with Crippen LogP contribution in [0.4, 0.5) is 5.82 Å². The Balaban J connectivity index is 0.000000385. The molecule has 0 aliphatic heterocycles. The van der Waals surface area contributed by atoms with Crippen molar-refractivity contribution in [2.24, 2.45) is 5.41 Å². The van der Waals surface area contributed by atoms with Gasteiger partial charge in [0.2, 0.25) is 6.41 Å². The van der Waals surface area contributed by atoms with E-state index in [1.165, 1.54) is 6.20 Å². The summed E-state index contributed by atoms with van der Waals surface area (Å²) < 4.78 is 0. The molecule has 1 amide bonds. The fourth-order valence-corrected chi connectivity index (χ4v) is 0.689. The molecule has 0 atom stereocenters. The van der Waals surface area contributed by atoms with Gasteiger partial charge in [-0.25, -0.2) is 4.98 Å². The molecule has 0 aliphatic rings. The van der Waals surface area contributed by atoms with Gasteiger partial charge in [-0.1, -0.05) is 27.7 Å². The minimum Gasteiger partial charge on any atom is -0.313 e. The maximum atomic E-state index is 10.3. The summed E-state index contributed by atoms with van der Waals surface area (Å²) in [4.78, 5) is 24.0. The molecule has 1 aromatic heterocycles. The second-order valence-electron chi connectivity index (χ2n) is 4.82. The van der Waals surface area contributed by atoms with Gasteiger partial charge in [0.05, 0.1) is 5.56 Å². The van der Waals surface area contributed by atoms with Crippen molar-refractivity contribution in [3.63, 3.8) is 0 Å². The number of nitrogens with zero attached hydrogens (tertiary/aromatic N) is 1. The Labute approximate surface area is 96.1 Å².